The van der Waals surface area contributed by atoms with Gasteiger partial charge >= 0.3 is 11.8 Å². The number of amides is 3. The molecule has 0 saturated heterocycles. The van der Waals surface area contributed by atoms with Crippen LogP contribution in [0.4, 0.5) is 10.6 Å². The van der Waals surface area contributed by atoms with E-state index in [1.54, 1.807) is 0 Å². The van der Waals surface area contributed by atoms with Crippen LogP contribution in [0.1, 0.15) is 24.2 Å². The second-order valence-electron chi connectivity index (χ2n) is 4.22. The molecule has 8 nitrogen and oxygen atoms in total. The van der Waals surface area contributed by atoms with Gasteiger partial charge in [-0.15, -0.1) is 0 Å². The van der Waals surface area contributed by atoms with E-state index >= 15 is 0 Å². The number of imide groups is 1. The molecule has 1 heterocycles. The van der Waals surface area contributed by atoms with Gasteiger partial charge in [0.1, 0.15) is 6.20 Å². The molecule has 0 saturated carbocycles. The first kappa shape index (κ1) is 14.6. The van der Waals surface area contributed by atoms with Crippen LogP contribution < -0.4 is 10.6 Å². The average molecular weight is 266 g/mol. The number of nitrogens with zero attached hydrogens (tertiary/aromatic N) is 2. The fourth-order valence-corrected chi connectivity index (χ4v) is 1.18. The van der Waals surface area contributed by atoms with Crippen LogP contribution in [0.2, 0.25) is 0 Å². The first-order valence-corrected chi connectivity index (χ1v) is 5.59. The van der Waals surface area contributed by atoms with E-state index in [9.17, 15) is 19.7 Å². The molecule has 0 bridgehead atoms. The van der Waals surface area contributed by atoms with Gasteiger partial charge in [0.25, 0.3) is 5.91 Å². The smallest absolute Gasteiger partial charge is 0.358 e. The number of nitro groups is 1. The molecule has 0 aliphatic rings. The van der Waals surface area contributed by atoms with Gasteiger partial charge < -0.3 is 15.4 Å². The highest BCUT2D eigenvalue weighted by Crippen LogP contribution is 2.08. The van der Waals surface area contributed by atoms with Crippen LogP contribution in [0.25, 0.3) is 0 Å². The second-order valence-corrected chi connectivity index (χ2v) is 4.22. The average Bonchev–Trinajstić information content (AvgIpc) is 2.36. The summed E-state index contributed by atoms with van der Waals surface area (Å²) in [5.74, 6) is -0.912. The van der Waals surface area contributed by atoms with Gasteiger partial charge in [-0.1, -0.05) is 13.8 Å². The van der Waals surface area contributed by atoms with Crippen molar-refractivity contribution in [3.8, 4) is 0 Å². The highest BCUT2D eigenvalue weighted by Gasteiger charge is 2.15. The van der Waals surface area contributed by atoms with Gasteiger partial charge in [0.2, 0.25) is 0 Å². The predicted molar refractivity (Wildman–Crippen MR) is 66.6 cm³/mol. The van der Waals surface area contributed by atoms with Crippen molar-refractivity contribution >= 4 is 17.8 Å². The highest BCUT2D eigenvalue weighted by atomic mass is 16.6. The number of carbonyl (C=O) groups is 2. The first-order valence-electron chi connectivity index (χ1n) is 5.59. The Morgan fingerprint density at radius 2 is 2.16 bits per heavy atom. The predicted octanol–water partition coefficient (Wildman–Crippen LogP) is 1.09. The molecular formula is C11H14N4O4. The lowest BCUT2D eigenvalue weighted by Gasteiger charge is -2.08. The van der Waals surface area contributed by atoms with Crippen LogP contribution >= 0.6 is 0 Å². The van der Waals surface area contributed by atoms with Gasteiger partial charge in [0.15, 0.2) is 0 Å². The number of urea groups is 1. The minimum Gasteiger partial charge on any atom is -0.358 e. The Bertz CT molecular complexity index is 501. The normalized spacial score (nSPS) is 10.1. The topological polar surface area (TPSA) is 114 Å². The summed E-state index contributed by atoms with van der Waals surface area (Å²) >= 11 is 0. The number of carbonyl (C=O) groups excluding carboxylic acids is 2. The van der Waals surface area contributed by atoms with E-state index < -0.39 is 22.7 Å². The van der Waals surface area contributed by atoms with Crippen molar-refractivity contribution in [3.05, 3.63) is 34.0 Å². The fraction of sp³-hybridized carbons (Fsp3) is 0.364. The van der Waals surface area contributed by atoms with E-state index in [4.69, 9.17) is 0 Å². The maximum atomic E-state index is 11.7. The highest BCUT2D eigenvalue weighted by molar-refractivity contribution is 6.04. The van der Waals surface area contributed by atoms with Gasteiger partial charge in [-0.3, -0.25) is 10.1 Å². The maximum absolute atomic E-state index is 11.7. The number of hydrogen-bond acceptors (Lipinski definition) is 5. The van der Waals surface area contributed by atoms with Crippen LogP contribution in [0.3, 0.4) is 0 Å². The molecule has 0 aliphatic heterocycles. The summed E-state index contributed by atoms with van der Waals surface area (Å²) in [4.78, 5) is 36.3. The lowest BCUT2D eigenvalue weighted by atomic mass is 10.2. The molecule has 0 atom stereocenters. The molecule has 102 valence electrons. The maximum Gasteiger partial charge on any atom is 0.364 e. The molecule has 0 aliphatic carbocycles. The summed E-state index contributed by atoms with van der Waals surface area (Å²) in [6.45, 7) is 4.25. The monoisotopic (exact) mass is 266 g/mol. The summed E-state index contributed by atoms with van der Waals surface area (Å²) in [5, 5.41) is 15.1. The Morgan fingerprint density at radius 3 is 2.74 bits per heavy atom. The van der Waals surface area contributed by atoms with Crippen molar-refractivity contribution in [2.75, 3.05) is 6.54 Å². The largest absolute Gasteiger partial charge is 0.364 e. The molecular weight excluding hydrogens is 252 g/mol. The molecule has 3 amide bonds. The Morgan fingerprint density at radius 1 is 1.47 bits per heavy atom. The van der Waals surface area contributed by atoms with Crippen molar-refractivity contribution in [1.29, 1.82) is 0 Å². The molecule has 0 spiro atoms. The van der Waals surface area contributed by atoms with Crippen molar-refractivity contribution in [3.63, 3.8) is 0 Å². The van der Waals surface area contributed by atoms with Gasteiger partial charge in [0.05, 0.1) is 5.56 Å². The zero-order chi connectivity index (χ0) is 14.4. The molecule has 1 aromatic rings. The summed E-state index contributed by atoms with van der Waals surface area (Å²) in [6, 6.07) is 1.65. The van der Waals surface area contributed by atoms with E-state index in [0.29, 0.717) is 6.54 Å². The van der Waals surface area contributed by atoms with Gasteiger partial charge in [0, 0.05) is 12.6 Å². The molecule has 0 fully saturated rings. The number of hydrogen-bond donors (Lipinski definition) is 2. The molecule has 0 radical (unpaired) electrons. The number of rotatable bonds is 4. The van der Waals surface area contributed by atoms with Crippen LogP contribution in [0, 0.1) is 16.0 Å². The molecule has 2 N–H and O–H groups in total. The van der Waals surface area contributed by atoms with Crippen molar-refractivity contribution < 1.29 is 14.5 Å². The van der Waals surface area contributed by atoms with Gasteiger partial charge in [-0.25, -0.2) is 4.79 Å². The van der Waals surface area contributed by atoms with Crippen LogP contribution in [0.15, 0.2) is 18.3 Å². The zero-order valence-electron chi connectivity index (χ0n) is 10.5. The number of pyridine rings is 1. The van der Waals surface area contributed by atoms with Gasteiger partial charge in [-0.2, -0.15) is 0 Å². The van der Waals surface area contributed by atoms with Crippen LogP contribution in [-0.2, 0) is 0 Å². The minimum absolute atomic E-state index is 0.00129. The lowest BCUT2D eigenvalue weighted by Crippen LogP contribution is -2.40. The standard InChI is InChI=1S/C11H14N4O4/c1-7(2)6-13-11(17)14-10(16)8-3-4-12-9(5-8)15(18)19/h3-5,7H,6H2,1-2H3,(H2,13,14,16,17). The lowest BCUT2D eigenvalue weighted by molar-refractivity contribution is -0.389. The summed E-state index contributed by atoms with van der Waals surface area (Å²) in [6.07, 6.45) is 1.14. The third-order valence-electron chi connectivity index (χ3n) is 2.09. The Kier molecular flexibility index (Phi) is 4.92. The van der Waals surface area contributed by atoms with Crippen molar-refractivity contribution in [2.24, 2.45) is 5.92 Å². The number of nitrogens with one attached hydrogen (secondary N) is 2. The number of aromatic nitrogens is 1. The van der Waals surface area contributed by atoms with E-state index in [1.165, 1.54) is 6.07 Å². The van der Waals surface area contributed by atoms with Crippen LogP contribution in [-0.4, -0.2) is 28.4 Å². The van der Waals surface area contributed by atoms with E-state index in [2.05, 4.69) is 15.6 Å². The molecule has 19 heavy (non-hydrogen) atoms. The summed E-state index contributed by atoms with van der Waals surface area (Å²) in [5.41, 5.74) is 0.00129. The van der Waals surface area contributed by atoms with Gasteiger partial charge in [-0.05, 0) is 21.9 Å². The second kappa shape index (κ2) is 6.43. The Balaban J connectivity index is 2.65. The van der Waals surface area contributed by atoms with E-state index in [1.807, 2.05) is 13.8 Å². The third-order valence-corrected chi connectivity index (χ3v) is 2.09. The summed E-state index contributed by atoms with van der Waals surface area (Å²) in [7, 11) is 0. The Hall–Kier alpha value is -2.51. The Labute approximate surface area is 109 Å². The zero-order valence-corrected chi connectivity index (χ0v) is 10.5. The molecule has 1 rings (SSSR count). The van der Waals surface area contributed by atoms with Crippen LogP contribution in [0.5, 0.6) is 0 Å². The minimum atomic E-state index is -0.716. The molecule has 0 aromatic carbocycles. The SMILES string of the molecule is CC(C)CNC(=O)NC(=O)c1ccnc([N+](=O)[O-])c1. The van der Waals surface area contributed by atoms with E-state index in [0.717, 1.165) is 12.3 Å². The van der Waals surface area contributed by atoms with E-state index in [-0.39, 0.29) is 11.5 Å². The third kappa shape index (κ3) is 4.70. The summed E-state index contributed by atoms with van der Waals surface area (Å²) < 4.78 is 0. The van der Waals surface area contributed by atoms with Crippen molar-refractivity contribution in [1.82, 2.24) is 15.6 Å². The molecule has 1 aromatic heterocycles. The van der Waals surface area contributed by atoms with Crippen molar-refractivity contribution in [2.45, 2.75) is 13.8 Å². The fourth-order valence-electron chi connectivity index (χ4n) is 1.18. The molecule has 0 unspecified atom stereocenters. The first-order chi connectivity index (χ1) is 8.90. The quantitative estimate of drug-likeness (QED) is 0.625. The molecule has 8 heteroatoms.